The van der Waals surface area contributed by atoms with Gasteiger partial charge < -0.3 is 31.0 Å². The van der Waals surface area contributed by atoms with Crippen molar-refractivity contribution in [2.45, 2.75) is 18.9 Å². The predicted molar refractivity (Wildman–Crippen MR) is 128 cm³/mol. The molecule has 1 atom stereocenters. The van der Waals surface area contributed by atoms with Crippen molar-refractivity contribution in [1.29, 1.82) is 0 Å². The molecular weight excluding hydrogens is 455 g/mol. The first-order valence-electron chi connectivity index (χ1n) is 11.2. The molecule has 1 fully saturated rings. The maximum Gasteiger partial charge on any atom is 0.261 e. The molecule has 1 aliphatic heterocycles. The van der Waals surface area contributed by atoms with Crippen LogP contribution < -0.4 is 16.6 Å². The number of carbonyl (C=O) groups is 2. The topological polar surface area (TPSA) is 157 Å². The number of nitrogens with zero attached hydrogens (tertiary/aromatic N) is 2. The van der Waals surface area contributed by atoms with E-state index in [1.807, 2.05) is 0 Å². The second-order valence-corrected chi connectivity index (χ2v) is 8.52. The highest BCUT2D eigenvalue weighted by Gasteiger charge is 2.23. The Morgan fingerprint density at radius 2 is 2.00 bits per heavy atom. The Morgan fingerprint density at radius 1 is 1.20 bits per heavy atom. The third kappa shape index (κ3) is 4.21. The first-order chi connectivity index (χ1) is 16.8. The molecule has 11 heteroatoms. The number of aromatic amines is 2. The monoisotopic (exact) mass is 478 g/mol. The molecular formula is C24H23FN6O4. The minimum atomic E-state index is -0.988. The minimum Gasteiger partial charge on any atom is -0.397 e. The normalized spacial score (nSPS) is 14.2. The van der Waals surface area contributed by atoms with Gasteiger partial charge in [-0.3, -0.25) is 14.4 Å². The molecule has 2 aromatic heterocycles. The van der Waals surface area contributed by atoms with Gasteiger partial charge in [0.25, 0.3) is 11.5 Å². The van der Waals surface area contributed by atoms with Crippen molar-refractivity contribution < 1.29 is 19.1 Å². The molecule has 5 rings (SSSR count). The number of aliphatic hydroxyl groups excluding tert-OH is 1. The SMILES string of the molecule is Nc1c(-c2nc3ccc(C(=O)NCC(O)CC(=O)N4CCC4)cc3[nH]2)c(=O)[nH]c2cccc(F)c12. The van der Waals surface area contributed by atoms with Gasteiger partial charge in [-0.2, -0.15) is 0 Å². The summed E-state index contributed by atoms with van der Waals surface area (Å²) in [5.74, 6) is -1.00. The van der Waals surface area contributed by atoms with Gasteiger partial charge in [-0.1, -0.05) is 6.07 Å². The highest BCUT2D eigenvalue weighted by atomic mass is 19.1. The first-order valence-corrected chi connectivity index (χ1v) is 11.2. The van der Waals surface area contributed by atoms with E-state index in [2.05, 4.69) is 20.3 Å². The lowest BCUT2D eigenvalue weighted by molar-refractivity contribution is -0.136. The molecule has 6 N–H and O–H groups in total. The van der Waals surface area contributed by atoms with Gasteiger partial charge in [0.15, 0.2) is 0 Å². The van der Waals surface area contributed by atoms with Crippen LogP contribution in [0.4, 0.5) is 10.1 Å². The van der Waals surface area contributed by atoms with Crippen LogP contribution in [-0.4, -0.2) is 62.5 Å². The summed E-state index contributed by atoms with van der Waals surface area (Å²) in [5.41, 5.74) is 7.09. The number of aliphatic hydroxyl groups is 1. The van der Waals surface area contributed by atoms with Crippen LogP contribution in [0.3, 0.4) is 0 Å². The molecule has 0 radical (unpaired) electrons. The smallest absolute Gasteiger partial charge is 0.261 e. The molecule has 3 heterocycles. The quantitative estimate of drug-likeness (QED) is 0.283. The Balaban J connectivity index is 1.36. The van der Waals surface area contributed by atoms with Crippen molar-refractivity contribution in [3.05, 3.63) is 58.1 Å². The summed E-state index contributed by atoms with van der Waals surface area (Å²) in [6, 6.07) is 8.98. The van der Waals surface area contributed by atoms with E-state index in [0.717, 1.165) is 6.42 Å². The van der Waals surface area contributed by atoms with Gasteiger partial charge in [-0.15, -0.1) is 0 Å². The predicted octanol–water partition coefficient (Wildman–Crippen LogP) is 1.51. The van der Waals surface area contributed by atoms with Crippen LogP contribution in [0.1, 0.15) is 23.2 Å². The van der Waals surface area contributed by atoms with Crippen LogP contribution in [0.15, 0.2) is 41.2 Å². The number of hydrogen-bond acceptors (Lipinski definition) is 6. The zero-order valence-electron chi connectivity index (χ0n) is 18.6. The Hall–Kier alpha value is -4.25. The lowest BCUT2D eigenvalue weighted by atomic mass is 10.1. The number of rotatable bonds is 6. The number of nitrogens with one attached hydrogen (secondary N) is 3. The van der Waals surface area contributed by atoms with Crippen molar-refractivity contribution in [2.75, 3.05) is 25.4 Å². The molecule has 0 bridgehead atoms. The second kappa shape index (κ2) is 8.84. The van der Waals surface area contributed by atoms with E-state index in [-0.39, 0.29) is 46.9 Å². The maximum atomic E-state index is 14.4. The number of imidazole rings is 1. The average Bonchev–Trinajstić information content (AvgIpc) is 3.18. The number of H-pyrrole nitrogens is 2. The van der Waals surface area contributed by atoms with Crippen molar-refractivity contribution in [3.63, 3.8) is 0 Å². The van der Waals surface area contributed by atoms with E-state index in [4.69, 9.17) is 5.73 Å². The molecule has 180 valence electrons. The largest absolute Gasteiger partial charge is 0.397 e. The summed E-state index contributed by atoms with van der Waals surface area (Å²) in [6.07, 6.45) is -0.0711. The zero-order valence-corrected chi connectivity index (χ0v) is 18.6. The Labute approximate surface area is 198 Å². The van der Waals surface area contributed by atoms with Crippen molar-refractivity contribution >= 4 is 39.4 Å². The molecule has 1 saturated heterocycles. The molecule has 0 aliphatic carbocycles. The van der Waals surface area contributed by atoms with E-state index in [0.29, 0.717) is 29.7 Å². The van der Waals surface area contributed by atoms with Gasteiger partial charge in [0, 0.05) is 25.2 Å². The molecule has 2 aromatic carbocycles. The number of amides is 2. The van der Waals surface area contributed by atoms with Gasteiger partial charge in [-0.05, 0) is 36.8 Å². The number of aromatic nitrogens is 3. The van der Waals surface area contributed by atoms with Gasteiger partial charge in [0.1, 0.15) is 17.2 Å². The summed E-state index contributed by atoms with van der Waals surface area (Å²) < 4.78 is 14.4. The number of benzene rings is 2. The summed E-state index contributed by atoms with van der Waals surface area (Å²) in [6.45, 7) is 1.34. The van der Waals surface area contributed by atoms with Gasteiger partial charge in [0.05, 0.1) is 40.1 Å². The Kier molecular flexibility index (Phi) is 5.69. The molecule has 2 amide bonds. The van der Waals surface area contributed by atoms with Crippen LogP contribution in [0.25, 0.3) is 33.3 Å². The molecule has 4 aromatic rings. The van der Waals surface area contributed by atoms with E-state index in [9.17, 15) is 23.9 Å². The molecule has 0 saturated carbocycles. The van der Waals surface area contributed by atoms with Gasteiger partial charge in [0.2, 0.25) is 5.91 Å². The summed E-state index contributed by atoms with van der Waals surface area (Å²) in [4.78, 5) is 48.8. The number of pyridine rings is 1. The third-order valence-electron chi connectivity index (χ3n) is 6.13. The number of anilines is 1. The lowest BCUT2D eigenvalue weighted by Gasteiger charge is -2.31. The summed E-state index contributed by atoms with van der Waals surface area (Å²) >= 11 is 0. The number of fused-ring (bicyclic) bond motifs is 2. The second-order valence-electron chi connectivity index (χ2n) is 8.52. The fourth-order valence-electron chi connectivity index (χ4n) is 4.12. The Bertz CT molecular complexity index is 1520. The Morgan fingerprint density at radius 3 is 2.74 bits per heavy atom. The van der Waals surface area contributed by atoms with Crippen LogP contribution in [0, 0.1) is 5.82 Å². The number of carbonyl (C=O) groups excluding carboxylic acids is 2. The first kappa shape index (κ1) is 22.5. The maximum absolute atomic E-state index is 14.4. The minimum absolute atomic E-state index is 0.000191. The average molecular weight is 478 g/mol. The van der Waals surface area contributed by atoms with E-state index >= 15 is 0 Å². The molecule has 0 spiro atoms. The summed E-state index contributed by atoms with van der Waals surface area (Å²) in [7, 11) is 0. The third-order valence-corrected chi connectivity index (χ3v) is 6.13. The zero-order chi connectivity index (χ0) is 24.7. The lowest BCUT2D eigenvalue weighted by Crippen LogP contribution is -2.44. The molecule has 10 nitrogen and oxygen atoms in total. The van der Waals surface area contributed by atoms with Gasteiger partial charge in [-0.25, -0.2) is 9.37 Å². The number of nitrogen functional groups attached to an aromatic ring is 1. The van der Waals surface area contributed by atoms with Crippen molar-refractivity contribution in [3.8, 4) is 11.4 Å². The van der Waals surface area contributed by atoms with Crippen LogP contribution >= 0.6 is 0 Å². The van der Waals surface area contributed by atoms with E-state index in [1.54, 1.807) is 29.2 Å². The highest BCUT2D eigenvalue weighted by molar-refractivity contribution is 6.00. The molecule has 1 aliphatic rings. The van der Waals surface area contributed by atoms with Gasteiger partial charge >= 0.3 is 0 Å². The van der Waals surface area contributed by atoms with Crippen LogP contribution in [-0.2, 0) is 4.79 Å². The standard InChI is InChI=1S/C24H23FN6O4/c25-14-3-1-4-16-19(14)21(26)20(24(35)30-16)22-28-15-6-5-12(9-17(15)29-22)23(34)27-11-13(32)10-18(33)31-7-2-8-31/h1,3-6,9,13,32H,2,7-8,10-11H2,(H,27,34)(H,28,29)(H3,26,30,35). The highest BCUT2D eigenvalue weighted by Crippen LogP contribution is 2.30. The van der Waals surface area contributed by atoms with E-state index < -0.39 is 23.4 Å². The number of likely N-dealkylation sites (tertiary alicyclic amines) is 1. The molecule has 1 unspecified atom stereocenters. The molecule has 35 heavy (non-hydrogen) atoms. The van der Waals surface area contributed by atoms with Crippen molar-refractivity contribution in [2.24, 2.45) is 0 Å². The van der Waals surface area contributed by atoms with E-state index in [1.165, 1.54) is 12.1 Å². The fourth-order valence-corrected chi connectivity index (χ4v) is 4.12. The van der Waals surface area contributed by atoms with Crippen molar-refractivity contribution in [1.82, 2.24) is 25.2 Å². The fraction of sp³-hybridized carbons (Fsp3) is 0.250. The number of halogens is 1. The summed E-state index contributed by atoms with van der Waals surface area (Å²) in [5, 5.41) is 12.8. The van der Waals surface area contributed by atoms with Crippen LogP contribution in [0.2, 0.25) is 0 Å². The number of hydrogen-bond donors (Lipinski definition) is 5. The number of nitrogens with two attached hydrogens (primary N) is 1. The van der Waals surface area contributed by atoms with Crippen LogP contribution in [0.5, 0.6) is 0 Å².